The van der Waals surface area contributed by atoms with E-state index in [0.717, 1.165) is 24.0 Å². The van der Waals surface area contributed by atoms with Crippen LogP contribution >= 0.6 is 0 Å². The highest BCUT2D eigenvalue weighted by atomic mass is 16.6. The van der Waals surface area contributed by atoms with E-state index in [2.05, 4.69) is 20.8 Å². The maximum absolute atomic E-state index is 12.2. The van der Waals surface area contributed by atoms with E-state index in [1.54, 1.807) is 12.1 Å². The zero-order chi connectivity index (χ0) is 18.6. The van der Waals surface area contributed by atoms with E-state index in [1.165, 1.54) is 6.42 Å². The van der Waals surface area contributed by atoms with Crippen molar-refractivity contribution in [1.82, 2.24) is 0 Å². The third-order valence-corrected chi connectivity index (χ3v) is 5.02. The van der Waals surface area contributed by atoms with Crippen LogP contribution in [0.5, 0.6) is 0 Å². The van der Waals surface area contributed by atoms with Crippen molar-refractivity contribution in [2.24, 2.45) is 17.8 Å². The summed E-state index contributed by atoms with van der Waals surface area (Å²) in [4.78, 5) is 24.3. The van der Waals surface area contributed by atoms with Crippen molar-refractivity contribution in [3.63, 3.8) is 0 Å². The summed E-state index contributed by atoms with van der Waals surface area (Å²) >= 11 is 0. The molecule has 1 fully saturated rings. The predicted octanol–water partition coefficient (Wildman–Crippen LogP) is 4.46. The predicted molar refractivity (Wildman–Crippen MR) is 97.4 cm³/mol. The molecule has 1 aliphatic rings. The van der Waals surface area contributed by atoms with Gasteiger partial charge in [-0.25, -0.2) is 9.59 Å². The average molecular weight is 346 g/mol. The lowest BCUT2D eigenvalue weighted by Crippen LogP contribution is -2.36. The van der Waals surface area contributed by atoms with Gasteiger partial charge in [0.25, 0.3) is 0 Å². The Kier molecular flexibility index (Phi) is 6.63. The van der Waals surface area contributed by atoms with Gasteiger partial charge in [0.1, 0.15) is 6.10 Å². The number of hydrogen-bond donors (Lipinski definition) is 0. The lowest BCUT2D eigenvalue weighted by Gasteiger charge is -2.36. The highest BCUT2D eigenvalue weighted by Crippen LogP contribution is 2.35. The Bertz CT molecular complexity index is 600. The molecule has 138 valence electrons. The van der Waals surface area contributed by atoms with Crippen LogP contribution in [-0.4, -0.2) is 24.6 Å². The minimum atomic E-state index is -0.485. The van der Waals surface area contributed by atoms with Crippen molar-refractivity contribution in [3.05, 3.63) is 34.9 Å². The molecule has 25 heavy (non-hydrogen) atoms. The molecule has 0 amide bonds. The van der Waals surface area contributed by atoms with Gasteiger partial charge in [0.05, 0.1) is 5.56 Å². The van der Waals surface area contributed by atoms with Gasteiger partial charge in [0, 0.05) is 0 Å². The third-order valence-electron chi connectivity index (χ3n) is 5.02. The standard InChI is InChI=1S/C21H30O4/c1-13(2)18-7-6-14(3)11-19(18)25-20(22)12-24-21(23)17-9-15(4)8-16(5)10-17/h8-10,13-14,18-19H,6-7,11-12H2,1-5H3. The molecule has 1 saturated carbocycles. The van der Waals surface area contributed by atoms with Gasteiger partial charge in [-0.05, 0) is 56.6 Å². The number of ether oxygens (including phenoxy) is 2. The quantitative estimate of drug-likeness (QED) is 0.739. The van der Waals surface area contributed by atoms with Crippen molar-refractivity contribution >= 4 is 11.9 Å². The second-order valence-electron chi connectivity index (χ2n) is 7.81. The molecule has 3 atom stereocenters. The normalized spacial score (nSPS) is 23.4. The molecule has 4 heteroatoms. The molecular weight excluding hydrogens is 316 g/mol. The molecule has 0 bridgehead atoms. The zero-order valence-corrected chi connectivity index (χ0v) is 16.0. The molecular formula is C21H30O4. The van der Waals surface area contributed by atoms with Crippen molar-refractivity contribution in [2.75, 3.05) is 6.61 Å². The van der Waals surface area contributed by atoms with Gasteiger partial charge in [-0.1, -0.05) is 44.4 Å². The van der Waals surface area contributed by atoms with E-state index in [4.69, 9.17) is 9.47 Å². The molecule has 0 aromatic heterocycles. The number of carbonyl (C=O) groups is 2. The monoisotopic (exact) mass is 346 g/mol. The van der Waals surface area contributed by atoms with Gasteiger partial charge in [0.15, 0.2) is 6.61 Å². The first-order valence-electron chi connectivity index (χ1n) is 9.21. The lowest BCUT2D eigenvalue weighted by atomic mass is 9.75. The van der Waals surface area contributed by atoms with E-state index in [0.29, 0.717) is 23.3 Å². The lowest BCUT2D eigenvalue weighted by molar-refractivity contribution is -0.159. The van der Waals surface area contributed by atoms with Crippen LogP contribution in [0.3, 0.4) is 0 Å². The number of hydrogen-bond acceptors (Lipinski definition) is 4. The third kappa shape index (κ3) is 5.58. The van der Waals surface area contributed by atoms with E-state index in [9.17, 15) is 9.59 Å². The zero-order valence-electron chi connectivity index (χ0n) is 16.0. The van der Waals surface area contributed by atoms with Crippen LogP contribution in [-0.2, 0) is 14.3 Å². The van der Waals surface area contributed by atoms with Crippen LogP contribution in [0.2, 0.25) is 0 Å². The van der Waals surface area contributed by atoms with Crippen molar-refractivity contribution < 1.29 is 19.1 Å². The number of esters is 2. The molecule has 3 unspecified atom stereocenters. The van der Waals surface area contributed by atoms with E-state index in [-0.39, 0.29) is 12.7 Å². The number of aryl methyl sites for hydroxylation is 2. The molecule has 0 N–H and O–H groups in total. The van der Waals surface area contributed by atoms with Crippen LogP contribution < -0.4 is 0 Å². The summed E-state index contributed by atoms with van der Waals surface area (Å²) in [6.45, 7) is 10.0. The SMILES string of the molecule is Cc1cc(C)cc(C(=O)OCC(=O)OC2CC(C)CCC2C(C)C)c1. The number of rotatable bonds is 5. The van der Waals surface area contributed by atoms with Gasteiger partial charge < -0.3 is 9.47 Å². The number of benzene rings is 1. The Hall–Kier alpha value is -1.84. The first-order valence-corrected chi connectivity index (χ1v) is 9.21. The van der Waals surface area contributed by atoms with Crippen molar-refractivity contribution in [3.8, 4) is 0 Å². The summed E-state index contributed by atoms with van der Waals surface area (Å²) in [6.07, 6.45) is 3.08. The smallest absolute Gasteiger partial charge is 0.344 e. The van der Waals surface area contributed by atoms with Gasteiger partial charge in [-0.15, -0.1) is 0 Å². The molecule has 0 heterocycles. The summed E-state index contributed by atoms with van der Waals surface area (Å²) in [7, 11) is 0. The molecule has 0 radical (unpaired) electrons. The summed E-state index contributed by atoms with van der Waals surface area (Å²) < 4.78 is 10.8. The summed E-state index contributed by atoms with van der Waals surface area (Å²) in [5.41, 5.74) is 2.45. The fourth-order valence-corrected chi connectivity index (χ4v) is 3.75. The molecule has 1 aliphatic carbocycles. The summed E-state index contributed by atoms with van der Waals surface area (Å²) in [5.74, 6) is 0.479. The first-order chi connectivity index (χ1) is 11.8. The molecule has 0 aliphatic heterocycles. The molecule has 4 nitrogen and oxygen atoms in total. The average Bonchev–Trinajstić information content (AvgIpc) is 2.51. The highest BCUT2D eigenvalue weighted by Gasteiger charge is 2.33. The fraction of sp³-hybridized carbons (Fsp3) is 0.619. The Morgan fingerprint density at radius 1 is 1.12 bits per heavy atom. The Morgan fingerprint density at radius 3 is 2.36 bits per heavy atom. The molecule has 2 rings (SSSR count). The molecule has 1 aromatic carbocycles. The highest BCUT2D eigenvalue weighted by molar-refractivity contribution is 5.91. The molecule has 0 saturated heterocycles. The Labute approximate surface area is 150 Å². The topological polar surface area (TPSA) is 52.6 Å². The van der Waals surface area contributed by atoms with Gasteiger partial charge in [-0.3, -0.25) is 0 Å². The Morgan fingerprint density at radius 2 is 1.76 bits per heavy atom. The van der Waals surface area contributed by atoms with E-state index < -0.39 is 11.9 Å². The van der Waals surface area contributed by atoms with E-state index >= 15 is 0 Å². The molecule has 0 spiro atoms. The van der Waals surface area contributed by atoms with Gasteiger partial charge in [0.2, 0.25) is 0 Å². The minimum Gasteiger partial charge on any atom is -0.460 e. The largest absolute Gasteiger partial charge is 0.460 e. The van der Waals surface area contributed by atoms with Crippen LogP contribution in [0.4, 0.5) is 0 Å². The maximum atomic E-state index is 12.2. The van der Waals surface area contributed by atoms with Crippen LogP contribution in [0.15, 0.2) is 18.2 Å². The Balaban J connectivity index is 1.89. The molecule has 1 aromatic rings. The van der Waals surface area contributed by atoms with Crippen LogP contribution in [0.25, 0.3) is 0 Å². The maximum Gasteiger partial charge on any atom is 0.344 e. The van der Waals surface area contributed by atoms with Crippen LogP contribution in [0, 0.1) is 31.6 Å². The first kappa shape index (κ1) is 19.5. The summed E-state index contributed by atoms with van der Waals surface area (Å²) in [5, 5.41) is 0. The second-order valence-corrected chi connectivity index (χ2v) is 7.81. The van der Waals surface area contributed by atoms with Gasteiger partial charge in [-0.2, -0.15) is 0 Å². The fourth-order valence-electron chi connectivity index (χ4n) is 3.75. The van der Waals surface area contributed by atoms with Gasteiger partial charge >= 0.3 is 11.9 Å². The minimum absolute atomic E-state index is 0.0730. The second kappa shape index (κ2) is 8.50. The van der Waals surface area contributed by atoms with Crippen LogP contribution in [0.1, 0.15) is 61.5 Å². The van der Waals surface area contributed by atoms with Crippen molar-refractivity contribution in [1.29, 1.82) is 0 Å². The number of carbonyl (C=O) groups excluding carboxylic acids is 2. The van der Waals surface area contributed by atoms with E-state index in [1.807, 2.05) is 19.9 Å². The summed E-state index contributed by atoms with van der Waals surface area (Å²) in [6, 6.07) is 5.51. The van der Waals surface area contributed by atoms with Crippen molar-refractivity contribution in [2.45, 2.75) is 60.0 Å².